The van der Waals surface area contributed by atoms with Crippen molar-refractivity contribution in [3.8, 4) is 0 Å². The molecule has 104 valence electrons. The summed E-state index contributed by atoms with van der Waals surface area (Å²) in [6.45, 7) is 4.14. The number of esters is 1. The smallest absolute Gasteiger partial charge is 0.313 e. The van der Waals surface area contributed by atoms with E-state index in [1.807, 2.05) is 50.2 Å². The van der Waals surface area contributed by atoms with E-state index in [-0.39, 0.29) is 11.9 Å². The number of benzene rings is 2. The van der Waals surface area contributed by atoms with Crippen molar-refractivity contribution in [2.45, 2.75) is 26.4 Å². The molecule has 0 aliphatic carbocycles. The summed E-state index contributed by atoms with van der Waals surface area (Å²) in [5.41, 5.74) is 9.41. The van der Waals surface area contributed by atoms with Crippen molar-refractivity contribution in [3.05, 3.63) is 65.2 Å². The summed E-state index contributed by atoms with van der Waals surface area (Å²) in [4.78, 5) is 12.0. The molecule has 0 aliphatic rings. The summed E-state index contributed by atoms with van der Waals surface area (Å²) in [7, 11) is 0. The quantitative estimate of drug-likeness (QED) is 0.683. The van der Waals surface area contributed by atoms with Crippen LogP contribution >= 0.6 is 0 Å². The Kier molecular flexibility index (Phi) is 4.41. The Morgan fingerprint density at radius 2 is 1.95 bits per heavy atom. The number of ether oxygens (including phenoxy) is 1. The standard InChI is InChI=1S/C17H19NO2/c1-12-5-3-6-14(9-12)11-20-17(19)13(2)15-7-4-8-16(18)10-15/h3-10,13H,11,18H2,1-2H3. The Hall–Kier alpha value is -2.29. The van der Waals surface area contributed by atoms with Gasteiger partial charge in [-0.2, -0.15) is 0 Å². The molecule has 0 saturated carbocycles. The van der Waals surface area contributed by atoms with Crippen LogP contribution < -0.4 is 5.73 Å². The third-order valence-electron chi connectivity index (χ3n) is 3.23. The first-order chi connectivity index (χ1) is 9.56. The van der Waals surface area contributed by atoms with Gasteiger partial charge in [-0.1, -0.05) is 42.0 Å². The van der Waals surface area contributed by atoms with Crippen molar-refractivity contribution in [2.75, 3.05) is 5.73 Å². The van der Waals surface area contributed by atoms with Gasteiger partial charge < -0.3 is 10.5 Å². The Morgan fingerprint density at radius 3 is 2.65 bits per heavy atom. The van der Waals surface area contributed by atoms with Gasteiger partial charge in [0.05, 0.1) is 5.92 Å². The molecule has 0 aliphatic heterocycles. The highest BCUT2D eigenvalue weighted by molar-refractivity contribution is 5.78. The first-order valence-corrected chi connectivity index (χ1v) is 6.64. The summed E-state index contributed by atoms with van der Waals surface area (Å²) in [6, 6.07) is 15.3. The lowest BCUT2D eigenvalue weighted by atomic mass is 10.0. The maximum absolute atomic E-state index is 12.0. The summed E-state index contributed by atoms with van der Waals surface area (Å²) in [6.07, 6.45) is 0. The summed E-state index contributed by atoms with van der Waals surface area (Å²) in [5.74, 6) is -0.555. The molecule has 20 heavy (non-hydrogen) atoms. The molecule has 0 fully saturated rings. The number of carbonyl (C=O) groups excluding carboxylic acids is 1. The van der Waals surface area contributed by atoms with Crippen LogP contribution in [0, 0.1) is 6.92 Å². The molecule has 3 heteroatoms. The molecule has 0 spiro atoms. The van der Waals surface area contributed by atoms with Gasteiger partial charge in [-0.15, -0.1) is 0 Å². The highest BCUT2D eigenvalue weighted by Crippen LogP contribution is 2.19. The molecular formula is C17H19NO2. The highest BCUT2D eigenvalue weighted by atomic mass is 16.5. The molecule has 2 rings (SSSR count). The molecule has 2 aromatic rings. The lowest BCUT2D eigenvalue weighted by Crippen LogP contribution is -2.13. The molecule has 1 unspecified atom stereocenters. The minimum absolute atomic E-state index is 0.239. The highest BCUT2D eigenvalue weighted by Gasteiger charge is 2.16. The summed E-state index contributed by atoms with van der Waals surface area (Å²) >= 11 is 0. The number of nitrogens with two attached hydrogens (primary N) is 1. The second-order valence-electron chi connectivity index (χ2n) is 4.99. The molecule has 3 nitrogen and oxygen atoms in total. The average molecular weight is 269 g/mol. The maximum Gasteiger partial charge on any atom is 0.313 e. The number of hydrogen-bond acceptors (Lipinski definition) is 3. The molecule has 0 bridgehead atoms. The van der Waals surface area contributed by atoms with E-state index < -0.39 is 0 Å². The number of anilines is 1. The van der Waals surface area contributed by atoms with E-state index in [1.165, 1.54) is 0 Å². The molecule has 0 aromatic heterocycles. The molecule has 0 amide bonds. The molecule has 2 N–H and O–H groups in total. The average Bonchev–Trinajstić information content (AvgIpc) is 2.44. The van der Waals surface area contributed by atoms with E-state index in [9.17, 15) is 4.79 Å². The van der Waals surface area contributed by atoms with Crippen LogP contribution in [0.3, 0.4) is 0 Å². The van der Waals surface area contributed by atoms with Crippen molar-refractivity contribution >= 4 is 11.7 Å². The van der Waals surface area contributed by atoms with Gasteiger partial charge in [0, 0.05) is 5.69 Å². The fourth-order valence-corrected chi connectivity index (χ4v) is 2.05. The van der Waals surface area contributed by atoms with Crippen molar-refractivity contribution in [2.24, 2.45) is 0 Å². The SMILES string of the molecule is Cc1cccc(COC(=O)C(C)c2cccc(N)c2)c1. The van der Waals surface area contributed by atoms with Crippen LogP contribution in [-0.2, 0) is 16.1 Å². The Labute approximate surface area is 119 Å². The molecule has 0 radical (unpaired) electrons. The lowest BCUT2D eigenvalue weighted by molar-refractivity contribution is -0.146. The number of carbonyl (C=O) groups is 1. The van der Waals surface area contributed by atoms with Crippen LogP contribution in [0.2, 0.25) is 0 Å². The third-order valence-corrected chi connectivity index (χ3v) is 3.23. The number of aryl methyl sites for hydroxylation is 1. The second kappa shape index (κ2) is 6.24. The predicted octanol–water partition coefficient (Wildman–Crippen LogP) is 3.42. The summed E-state index contributed by atoms with van der Waals surface area (Å²) < 4.78 is 5.36. The fourth-order valence-electron chi connectivity index (χ4n) is 2.05. The second-order valence-corrected chi connectivity index (χ2v) is 4.99. The van der Waals surface area contributed by atoms with E-state index in [4.69, 9.17) is 10.5 Å². The van der Waals surface area contributed by atoms with Crippen LogP contribution in [0.4, 0.5) is 5.69 Å². The van der Waals surface area contributed by atoms with E-state index >= 15 is 0 Å². The van der Waals surface area contributed by atoms with Crippen molar-refractivity contribution in [1.29, 1.82) is 0 Å². The molecule has 0 saturated heterocycles. The zero-order chi connectivity index (χ0) is 14.5. The van der Waals surface area contributed by atoms with Gasteiger partial charge in [-0.05, 0) is 37.1 Å². The molecule has 0 heterocycles. The third kappa shape index (κ3) is 3.60. The number of hydrogen-bond donors (Lipinski definition) is 1. The van der Waals surface area contributed by atoms with E-state index in [0.717, 1.165) is 16.7 Å². The van der Waals surface area contributed by atoms with Gasteiger partial charge in [-0.25, -0.2) is 0 Å². The molecule has 1 atom stereocenters. The Balaban J connectivity index is 1.98. The van der Waals surface area contributed by atoms with Crippen molar-refractivity contribution in [3.63, 3.8) is 0 Å². The van der Waals surface area contributed by atoms with E-state index in [2.05, 4.69) is 0 Å². The zero-order valence-electron chi connectivity index (χ0n) is 11.8. The van der Waals surface area contributed by atoms with Crippen molar-refractivity contribution < 1.29 is 9.53 Å². The summed E-state index contributed by atoms with van der Waals surface area (Å²) in [5, 5.41) is 0. The largest absolute Gasteiger partial charge is 0.460 e. The lowest BCUT2D eigenvalue weighted by Gasteiger charge is -2.12. The van der Waals surface area contributed by atoms with Gasteiger partial charge >= 0.3 is 5.97 Å². The minimum atomic E-state index is -0.316. The van der Waals surface area contributed by atoms with Crippen LogP contribution in [0.25, 0.3) is 0 Å². The first-order valence-electron chi connectivity index (χ1n) is 6.64. The van der Waals surface area contributed by atoms with Crippen molar-refractivity contribution in [1.82, 2.24) is 0 Å². The van der Waals surface area contributed by atoms with Crippen LogP contribution in [-0.4, -0.2) is 5.97 Å². The number of rotatable bonds is 4. The van der Waals surface area contributed by atoms with Gasteiger partial charge in [0.15, 0.2) is 0 Å². The van der Waals surface area contributed by atoms with Gasteiger partial charge in [0.2, 0.25) is 0 Å². The normalized spacial score (nSPS) is 11.9. The first kappa shape index (κ1) is 14.1. The molecule has 2 aromatic carbocycles. The van der Waals surface area contributed by atoms with Crippen LogP contribution in [0.1, 0.15) is 29.5 Å². The number of nitrogen functional groups attached to an aromatic ring is 1. The minimum Gasteiger partial charge on any atom is -0.460 e. The zero-order valence-corrected chi connectivity index (χ0v) is 11.8. The van der Waals surface area contributed by atoms with Gasteiger partial charge in [0.25, 0.3) is 0 Å². The van der Waals surface area contributed by atoms with Gasteiger partial charge in [0.1, 0.15) is 6.61 Å². The van der Waals surface area contributed by atoms with Crippen LogP contribution in [0.15, 0.2) is 48.5 Å². The maximum atomic E-state index is 12.0. The Bertz CT molecular complexity index is 607. The molecular weight excluding hydrogens is 250 g/mol. The van der Waals surface area contributed by atoms with E-state index in [1.54, 1.807) is 12.1 Å². The van der Waals surface area contributed by atoms with Crippen LogP contribution in [0.5, 0.6) is 0 Å². The van der Waals surface area contributed by atoms with Gasteiger partial charge in [-0.3, -0.25) is 4.79 Å². The fraction of sp³-hybridized carbons (Fsp3) is 0.235. The topological polar surface area (TPSA) is 52.3 Å². The predicted molar refractivity (Wildman–Crippen MR) is 80.2 cm³/mol. The monoisotopic (exact) mass is 269 g/mol. The van der Waals surface area contributed by atoms with E-state index in [0.29, 0.717) is 12.3 Å². The Morgan fingerprint density at radius 1 is 1.20 bits per heavy atom.